The zero-order chi connectivity index (χ0) is 25.1. The molecule has 1 amide bonds. The highest BCUT2D eigenvalue weighted by atomic mass is 19.4. The van der Waals surface area contributed by atoms with Gasteiger partial charge in [-0.15, -0.1) is 13.2 Å². The first kappa shape index (κ1) is 24.7. The highest BCUT2D eigenvalue weighted by molar-refractivity contribution is 5.92. The third kappa shape index (κ3) is 5.32. The van der Waals surface area contributed by atoms with Crippen molar-refractivity contribution in [2.45, 2.75) is 24.5 Å². The molecule has 186 valence electrons. The average molecular weight is 493 g/mol. The highest BCUT2D eigenvalue weighted by Gasteiger charge is 2.51. The fourth-order valence-electron chi connectivity index (χ4n) is 4.20. The van der Waals surface area contributed by atoms with E-state index in [4.69, 9.17) is 18.9 Å². The molecule has 2 aromatic rings. The summed E-state index contributed by atoms with van der Waals surface area (Å²) >= 11 is 0. The summed E-state index contributed by atoms with van der Waals surface area (Å²) in [7, 11) is 1.31. The number of carbonyl (C=O) groups excluding carboxylic acids is 1. The second-order valence-electron chi connectivity index (χ2n) is 7.85. The molecule has 2 atom stereocenters. The van der Waals surface area contributed by atoms with Gasteiger partial charge in [-0.2, -0.15) is 5.26 Å². The van der Waals surface area contributed by atoms with E-state index in [1.54, 1.807) is 23.1 Å². The van der Waals surface area contributed by atoms with Crippen LogP contribution in [0.25, 0.3) is 0 Å². The first-order valence-electron chi connectivity index (χ1n) is 10.7. The Kier molecular flexibility index (Phi) is 7.11. The molecule has 12 heteroatoms. The van der Waals surface area contributed by atoms with Crippen LogP contribution in [0.4, 0.5) is 13.2 Å². The van der Waals surface area contributed by atoms with Crippen LogP contribution in [-0.4, -0.2) is 68.5 Å². The van der Waals surface area contributed by atoms with Crippen LogP contribution in [-0.2, 0) is 19.8 Å². The van der Waals surface area contributed by atoms with Crippen LogP contribution in [0.5, 0.6) is 11.6 Å². The number of methoxy groups -OCH3 is 1. The largest absolute Gasteiger partial charge is 0.522 e. The molecule has 9 nitrogen and oxygen atoms in total. The van der Waals surface area contributed by atoms with Gasteiger partial charge in [0.1, 0.15) is 30.8 Å². The predicted octanol–water partition coefficient (Wildman–Crippen LogP) is 2.99. The van der Waals surface area contributed by atoms with Gasteiger partial charge in [0.05, 0.1) is 31.9 Å². The molecule has 0 saturated carbocycles. The molecule has 35 heavy (non-hydrogen) atoms. The summed E-state index contributed by atoms with van der Waals surface area (Å²) < 4.78 is 62.1. The first-order chi connectivity index (χ1) is 16.8. The van der Waals surface area contributed by atoms with Crippen molar-refractivity contribution < 1.29 is 41.7 Å². The van der Waals surface area contributed by atoms with Gasteiger partial charge in [0.15, 0.2) is 5.75 Å². The van der Waals surface area contributed by atoms with Crippen molar-refractivity contribution in [2.75, 3.05) is 40.2 Å². The van der Waals surface area contributed by atoms with Crippen molar-refractivity contribution in [3.63, 3.8) is 0 Å². The summed E-state index contributed by atoms with van der Waals surface area (Å²) in [6.07, 6.45) is -4.73. The lowest BCUT2D eigenvalue weighted by atomic mass is 9.81. The number of likely N-dealkylation sites (tertiary alicyclic amines) is 1. The minimum absolute atomic E-state index is 0.0389. The van der Waals surface area contributed by atoms with Gasteiger partial charge in [0, 0.05) is 13.0 Å². The second kappa shape index (κ2) is 10.1. The van der Waals surface area contributed by atoms with E-state index >= 15 is 0 Å². The van der Waals surface area contributed by atoms with Crippen molar-refractivity contribution >= 4 is 5.91 Å². The highest BCUT2D eigenvalue weighted by Crippen LogP contribution is 2.43. The third-order valence-corrected chi connectivity index (χ3v) is 5.86. The van der Waals surface area contributed by atoms with Crippen molar-refractivity contribution in [1.82, 2.24) is 9.88 Å². The number of fused-ring (bicyclic) bond motifs is 1. The molecule has 1 aromatic heterocycles. The number of piperidine rings is 1. The quantitative estimate of drug-likeness (QED) is 0.543. The Morgan fingerprint density at radius 3 is 2.89 bits per heavy atom. The number of benzene rings is 1. The lowest BCUT2D eigenvalue weighted by molar-refractivity contribution is -0.325. The molecule has 2 saturated heterocycles. The summed E-state index contributed by atoms with van der Waals surface area (Å²) in [5.74, 6) is -0.328. The van der Waals surface area contributed by atoms with Gasteiger partial charge in [0.2, 0.25) is 0 Å². The molecule has 0 radical (unpaired) electrons. The molecule has 0 aliphatic carbocycles. The van der Waals surface area contributed by atoms with E-state index in [-0.39, 0.29) is 43.2 Å². The molecular formula is C23H22F3N3O6. The fraction of sp³-hybridized carbons (Fsp3) is 0.435. The zero-order valence-electron chi connectivity index (χ0n) is 18.7. The van der Waals surface area contributed by atoms with Crippen molar-refractivity contribution in [2.24, 2.45) is 0 Å². The van der Waals surface area contributed by atoms with E-state index in [0.29, 0.717) is 18.5 Å². The number of pyridine rings is 1. The molecule has 3 heterocycles. The molecule has 0 spiro atoms. The van der Waals surface area contributed by atoms with E-state index in [2.05, 4.69) is 15.8 Å². The topological polar surface area (TPSA) is 103 Å². The van der Waals surface area contributed by atoms with E-state index in [9.17, 15) is 23.2 Å². The first-order valence-corrected chi connectivity index (χ1v) is 10.7. The molecule has 0 N–H and O–H groups in total. The van der Waals surface area contributed by atoms with Gasteiger partial charge in [0.25, 0.3) is 11.8 Å². The number of nitrogens with zero attached hydrogens (tertiary/aromatic N) is 3. The standard InChI is InChI=1S/C23H22F3N3O6/c1-31-20-18(32-9-10-34-23(24,25)26)6-5-17(28-20)21(30)29-8-7-22(19(13-29)33-14-35-22)16-4-2-3-15(11-16)12-27/h2-6,11,19H,7-10,13-14H2,1H3. The van der Waals surface area contributed by atoms with Crippen LogP contribution in [0, 0.1) is 11.3 Å². The Hall–Kier alpha value is -3.40. The lowest BCUT2D eigenvalue weighted by Crippen LogP contribution is -2.53. The SMILES string of the molecule is COc1nc(C(=O)N2CCC3(c4cccc(C#N)c4)OCOC3C2)ccc1OCCOC(F)(F)F. The van der Waals surface area contributed by atoms with Gasteiger partial charge in [-0.05, 0) is 29.8 Å². The maximum atomic E-state index is 13.2. The van der Waals surface area contributed by atoms with Gasteiger partial charge in [-0.25, -0.2) is 4.98 Å². The van der Waals surface area contributed by atoms with Crippen molar-refractivity contribution in [3.05, 3.63) is 53.2 Å². The fourth-order valence-corrected chi connectivity index (χ4v) is 4.20. The summed E-state index contributed by atoms with van der Waals surface area (Å²) in [5, 5.41) is 9.24. The number of hydrogen-bond acceptors (Lipinski definition) is 8. The number of amides is 1. The number of halogens is 3. The number of hydrogen-bond donors (Lipinski definition) is 0. The van der Waals surface area contributed by atoms with Gasteiger partial charge >= 0.3 is 6.36 Å². The van der Waals surface area contributed by atoms with Gasteiger partial charge < -0.3 is 23.8 Å². The summed E-state index contributed by atoms with van der Waals surface area (Å²) in [6, 6.07) is 12.1. The summed E-state index contributed by atoms with van der Waals surface area (Å²) in [4.78, 5) is 18.9. The Balaban J connectivity index is 1.44. The Labute approximate surface area is 198 Å². The predicted molar refractivity (Wildman–Crippen MR) is 112 cm³/mol. The maximum absolute atomic E-state index is 13.2. The van der Waals surface area contributed by atoms with Crippen LogP contribution in [0.15, 0.2) is 36.4 Å². The number of ether oxygens (including phenoxy) is 5. The number of carbonyl (C=O) groups is 1. The average Bonchev–Trinajstić information content (AvgIpc) is 3.30. The second-order valence-corrected chi connectivity index (χ2v) is 7.85. The van der Waals surface area contributed by atoms with Crippen molar-refractivity contribution in [3.8, 4) is 17.7 Å². The molecule has 2 aliphatic heterocycles. The molecule has 2 unspecified atom stereocenters. The third-order valence-electron chi connectivity index (χ3n) is 5.86. The molecule has 0 bridgehead atoms. The van der Waals surface area contributed by atoms with E-state index < -0.39 is 24.7 Å². The van der Waals surface area contributed by atoms with Crippen LogP contribution < -0.4 is 9.47 Å². The van der Waals surface area contributed by atoms with E-state index in [1.165, 1.54) is 19.2 Å². The van der Waals surface area contributed by atoms with Crippen LogP contribution in [0.1, 0.15) is 28.0 Å². The molecule has 1 aromatic carbocycles. The van der Waals surface area contributed by atoms with Gasteiger partial charge in [-0.3, -0.25) is 9.53 Å². The lowest BCUT2D eigenvalue weighted by Gasteiger charge is -2.41. The maximum Gasteiger partial charge on any atom is 0.522 e. The van der Waals surface area contributed by atoms with Crippen LogP contribution in [0.3, 0.4) is 0 Å². The summed E-state index contributed by atoms with van der Waals surface area (Å²) in [6.45, 7) is -0.423. The monoisotopic (exact) mass is 493 g/mol. The number of aromatic nitrogens is 1. The molecule has 2 aliphatic rings. The minimum Gasteiger partial charge on any atom is -0.486 e. The van der Waals surface area contributed by atoms with Crippen LogP contribution >= 0.6 is 0 Å². The Morgan fingerprint density at radius 1 is 1.31 bits per heavy atom. The Bertz CT molecular complexity index is 1120. The zero-order valence-corrected chi connectivity index (χ0v) is 18.7. The minimum atomic E-state index is -4.75. The molecular weight excluding hydrogens is 471 g/mol. The Morgan fingerprint density at radius 2 is 2.14 bits per heavy atom. The normalized spacial score (nSPS) is 21.8. The van der Waals surface area contributed by atoms with E-state index in [1.807, 2.05) is 6.07 Å². The van der Waals surface area contributed by atoms with Crippen molar-refractivity contribution in [1.29, 1.82) is 5.26 Å². The molecule has 2 fully saturated rings. The van der Waals surface area contributed by atoms with Gasteiger partial charge in [-0.1, -0.05) is 12.1 Å². The molecule has 4 rings (SSSR count). The number of alkyl halides is 3. The number of rotatable bonds is 7. The van der Waals surface area contributed by atoms with E-state index in [0.717, 1.165) is 5.56 Å². The summed E-state index contributed by atoms with van der Waals surface area (Å²) in [5.41, 5.74) is 0.652. The van der Waals surface area contributed by atoms with Crippen LogP contribution in [0.2, 0.25) is 0 Å². The number of nitriles is 1. The smallest absolute Gasteiger partial charge is 0.486 e.